The Bertz CT molecular complexity index is 877. The molecule has 1 saturated heterocycles. The van der Waals surface area contributed by atoms with E-state index in [2.05, 4.69) is 40.2 Å². The van der Waals surface area contributed by atoms with Gasteiger partial charge in [-0.1, -0.05) is 48.5 Å². The first kappa shape index (κ1) is 19.8. The van der Waals surface area contributed by atoms with Crippen LogP contribution in [0.15, 0.2) is 66.7 Å². The molecule has 3 aromatic rings. The lowest BCUT2D eigenvalue weighted by Crippen LogP contribution is -2.21. The molecule has 5 heteroatoms. The standard InChI is InChI=1S/C12H17N.C11H10N2O2/c1-2-6-12(7-3-1)8-11-13-9-4-5-10-13;12-10(14)7-15-11-6-5-8-3-1-2-4-9(8)13-11/h1-3,6-7H,4-5,8-11H2;1-6H,7H2,(H2,12,14). The van der Waals surface area contributed by atoms with E-state index in [4.69, 9.17) is 10.5 Å². The second-order valence-corrected chi connectivity index (χ2v) is 6.88. The third kappa shape index (κ3) is 6.35. The van der Waals surface area contributed by atoms with E-state index in [1.54, 1.807) is 6.07 Å². The molecule has 0 aliphatic carbocycles. The van der Waals surface area contributed by atoms with Gasteiger partial charge in [-0.05, 0) is 50.0 Å². The van der Waals surface area contributed by atoms with Crippen molar-refractivity contribution in [1.29, 1.82) is 0 Å². The molecule has 1 aliphatic heterocycles. The smallest absolute Gasteiger partial charge is 0.255 e. The Kier molecular flexibility index (Phi) is 7.38. The van der Waals surface area contributed by atoms with Gasteiger partial charge in [-0.2, -0.15) is 0 Å². The molecule has 4 rings (SSSR count). The van der Waals surface area contributed by atoms with Crippen molar-refractivity contribution < 1.29 is 9.53 Å². The van der Waals surface area contributed by atoms with Crippen LogP contribution in [-0.4, -0.2) is 42.0 Å². The van der Waals surface area contributed by atoms with Crippen LogP contribution in [0.2, 0.25) is 0 Å². The van der Waals surface area contributed by atoms with Crippen LogP contribution >= 0.6 is 0 Å². The van der Waals surface area contributed by atoms with E-state index in [1.165, 1.54) is 44.5 Å². The van der Waals surface area contributed by atoms with Crippen LogP contribution < -0.4 is 10.5 Å². The number of hydrogen-bond donors (Lipinski definition) is 1. The summed E-state index contributed by atoms with van der Waals surface area (Å²) < 4.78 is 5.09. The van der Waals surface area contributed by atoms with Gasteiger partial charge < -0.3 is 15.4 Å². The highest BCUT2D eigenvalue weighted by molar-refractivity contribution is 5.79. The van der Waals surface area contributed by atoms with Gasteiger partial charge in [0.25, 0.3) is 5.91 Å². The van der Waals surface area contributed by atoms with Crippen molar-refractivity contribution in [2.75, 3.05) is 26.2 Å². The summed E-state index contributed by atoms with van der Waals surface area (Å²) in [6.07, 6.45) is 4.00. The molecule has 0 saturated carbocycles. The van der Waals surface area contributed by atoms with Crippen LogP contribution in [0.4, 0.5) is 0 Å². The SMILES string of the molecule is NC(=O)COc1ccc2ccccc2n1.c1ccc(CCN2CCCC2)cc1. The number of likely N-dealkylation sites (tertiary alicyclic amines) is 1. The average molecular weight is 377 g/mol. The van der Waals surface area contributed by atoms with Crippen molar-refractivity contribution in [2.45, 2.75) is 19.3 Å². The Balaban J connectivity index is 0.000000162. The zero-order chi connectivity index (χ0) is 19.6. The lowest BCUT2D eigenvalue weighted by molar-refractivity contribution is -0.120. The minimum absolute atomic E-state index is 0.147. The van der Waals surface area contributed by atoms with Crippen molar-refractivity contribution in [3.05, 3.63) is 72.3 Å². The molecule has 1 aromatic heterocycles. The van der Waals surface area contributed by atoms with E-state index in [0.717, 1.165) is 10.9 Å². The van der Waals surface area contributed by atoms with Crippen molar-refractivity contribution in [1.82, 2.24) is 9.88 Å². The number of primary amides is 1. The molecule has 0 bridgehead atoms. The van der Waals surface area contributed by atoms with Crippen molar-refractivity contribution in [3.63, 3.8) is 0 Å². The molecule has 1 amide bonds. The molecule has 146 valence electrons. The number of nitrogens with two attached hydrogens (primary N) is 1. The lowest BCUT2D eigenvalue weighted by atomic mass is 10.1. The molecule has 0 atom stereocenters. The first-order chi connectivity index (χ1) is 13.7. The van der Waals surface area contributed by atoms with Crippen LogP contribution in [0.1, 0.15) is 18.4 Å². The van der Waals surface area contributed by atoms with Gasteiger partial charge in [0.1, 0.15) is 0 Å². The summed E-state index contributed by atoms with van der Waals surface area (Å²) in [5.74, 6) is -0.0996. The largest absolute Gasteiger partial charge is 0.468 e. The predicted molar refractivity (Wildman–Crippen MR) is 112 cm³/mol. The van der Waals surface area contributed by atoms with Crippen LogP contribution in [0, 0.1) is 0 Å². The molecular weight excluding hydrogens is 350 g/mol. The number of carbonyl (C=O) groups excluding carboxylic acids is 1. The highest BCUT2D eigenvalue weighted by Gasteiger charge is 2.10. The first-order valence-corrected chi connectivity index (χ1v) is 9.74. The van der Waals surface area contributed by atoms with Crippen molar-refractivity contribution in [3.8, 4) is 5.88 Å². The number of carbonyl (C=O) groups is 1. The van der Waals surface area contributed by atoms with Gasteiger partial charge in [0.2, 0.25) is 5.88 Å². The van der Waals surface area contributed by atoms with Crippen LogP contribution in [0.3, 0.4) is 0 Å². The van der Waals surface area contributed by atoms with E-state index in [9.17, 15) is 4.79 Å². The Morgan fingerprint density at radius 2 is 1.68 bits per heavy atom. The molecule has 2 N–H and O–H groups in total. The highest BCUT2D eigenvalue weighted by atomic mass is 16.5. The van der Waals surface area contributed by atoms with E-state index >= 15 is 0 Å². The second-order valence-electron chi connectivity index (χ2n) is 6.88. The quantitative estimate of drug-likeness (QED) is 0.715. The number of benzene rings is 2. The number of fused-ring (bicyclic) bond motifs is 1. The molecule has 2 aromatic carbocycles. The van der Waals surface area contributed by atoms with Gasteiger partial charge in [0.15, 0.2) is 6.61 Å². The molecule has 28 heavy (non-hydrogen) atoms. The summed E-state index contributed by atoms with van der Waals surface area (Å²) in [7, 11) is 0. The normalized spacial score (nSPS) is 13.7. The molecule has 1 aliphatic rings. The summed E-state index contributed by atoms with van der Waals surface area (Å²) in [6, 6.07) is 22.0. The Morgan fingerprint density at radius 1 is 0.964 bits per heavy atom. The maximum Gasteiger partial charge on any atom is 0.255 e. The number of pyridine rings is 1. The fourth-order valence-corrected chi connectivity index (χ4v) is 3.21. The number of ether oxygens (including phenoxy) is 1. The number of hydrogen-bond acceptors (Lipinski definition) is 4. The molecule has 1 fully saturated rings. The topological polar surface area (TPSA) is 68.5 Å². The third-order valence-electron chi connectivity index (χ3n) is 4.69. The molecule has 0 radical (unpaired) electrons. The number of nitrogens with zero attached hydrogens (tertiary/aromatic N) is 2. The lowest BCUT2D eigenvalue weighted by Gasteiger charge is -2.13. The average Bonchev–Trinajstić information content (AvgIpc) is 3.25. The van der Waals surface area contributed by atoms with E-state index in [-0.39, 0.29) is 6.61 Å². The maximum absolute atomic E-state index is 10.5. The molecule has 0 unspecified atom stereocenters. The van der Waals surface area contributed by atoms with Gasteiger partial charge in [0.05, 0.1) is 5.52 Å². The highest BCUT2D eigenvalue weighted by Crippen LogP contribution is 2.15. The van der Waals surface area contributed by atoms with Gasteiger partial charge >= 0.3 is 0 Å². The minimum atomic E-state index is -0.509. The van der Waals surface area contributed by atoms with E-state index < -0.39 is 5.91 Å². The zero-order valence-electron chi connectivity index (χ0n) is 16.1. The van der Waals surface area contributed by atoms with Crippen molar-refractivity contribution >= 4 is 16.8 Å². The summed E-state index contributed by atoms with van der Waals surface area (Å²) in [6.45, 7) is 3.72. The summed E-state index contributed by atoms with van der Waals surface area (Å²) in [5.41, 5.74) is 7.26. The minimum Gasteiger partial charge on any atom is -0.468 e. The first-order valence-electron chi connectivity index (χ1n) is 9.74. The molecule has 0 spiro atoms. The Labute approximate surface area is 166 Å². The van der Waals surface area contributed by atoms with Gasteiger partial charge in [0, 0.05) is 18.0 Å². The Morgan fingerprint density at radius 3 is 2.43 bits per heavy atom. The number of para-hydroxylation sites is 1. The second kappa shape index (κ2) is 10.4. The summed E-state index contributed by atoms with van der Waals surface area (Å²) in [4.78, 5) is 17.3. The molecular formula is C23H27N3O2. The number of rotatable bonds is 6. The fourth-order valence-electron chi connectivity index (χ4n) is 3.21. The van der Waals surface area contributed by atoms with Crippen molar-refractivity contribution in [2.24, 2.45) is 5.73 Å². The molecule has 2 heterocycles. The number of amides is 1. The summed E-state index contributed by atoms with van der Waals surface area (Å²) in [5, 5.41) is 1.03. The van der Waals surface area contributed by atoms with Gasteiger partial charge in [-0.25, -0.2) is 4.98 Å². The third-order valence-corrected chi connectivity index (χ3v) is 4.69. The number of aromatic nitrogens is 1. The van der Waals surface area contributed by atoms with Crippen LogP contribution in [-0.2, 0) is 11.2 Å². The van der Waals surface area contributed by atoms with E-state index in [0.29, 0.717) is 5.88 Å². The van der Waals surface area contributed by atoms with Crippen LogP contribution in [0.25, 0.3) is 10.9 Å². The Hall–Kier alpha value is -2.92. The summed E-state index contributed by atoms with van der Waals surface area (Å²) >= 11 is 0. The molecule has 5 nitrogen and oxygen atoms in total. The predicted octanol–water partition coefficient (Wildman–Crippen LogP) is 3.42. The monoisotopic (exact) mass is 377 g/mol. The maximum atomic E-state index is 10.5. The van der Waals surface area contributed by atoms with E-state index in [1.807, 2.05) is 30.3 Å². The fraction of sp³-hybridized carbons (Fsp3) is 0.304. The van der Waals surface area contributed by atoms with Crippen LogP contribution in [0.5, 0.6) is 5.88 Å². The van der Waals surface area contributed by atoms with Gasteiger partial charge in [-0.15, -0.1) is 0 Å². The van der Waals surface area contributed by atoms with Gasteiger partial charge in [-0.3, -0.25) is 4.79 Å². The zero-order valence-corrected chi connectivity index (χ0v) is 16.1.